The summed E-state index contributed by atoms with van der Waals surface area (Å²) >= 11 is 0. The maximum Gasteiger partial charge on any atom is 0.321 e. The van der Waals surface area contributed by atoms with Gasteiger partial charge in [-0.15, -0.1) is 0 Å². The molecule has 0 radical (unpaired) electrons. The Morgan fingerprint density at radius 3 is 2.37 bits per heavy atom. The van der Waals surface area contributed by atoms with Gasteiger partial charge in [-0.2, -0.15) is 0 Å². The van der Waals surface area contributed by atoms with Crippen LogP contribution in [0, 0.1) is 6.92 Å². The first kappa shape index (κ1) is 22.3. The van der Waals surface area contributed by atoms with Gasteiger partial charge in [-0.3, -0.25) is 14.9 Å². The van der Waals surface area contributed by atoms with Crippen LogP contribution in [0.5, 0.6) is 5.75 Å². The molecule has 0 heterocycles. The number of aryl methyl sites for hydroxylation is 1. The molecule has 1 rings (SSSR count). The van der Waals surface area contributed by atoms with Crippen LogP contribution in [0.1, 0.15) is 33.3 Å². The van der Waals surface area contributed by atoms with Crippen LogP contribution in [0.4, 0.5) is 10.5 Å². The number of amides is 4. The lowest BCUT2D eigenvalue weighted by molar-refractivity contribution is -0.130. The molecule has 0 aliphatic rings. The van der Waals surface area contributed by atoms with Crippen molar-refractivity contribution in [1.82, 2.24) is 15.5 Å². The Morgan fingerprint density at radius 2 is 1.81 bits per heavy atom. The first-order valence-electron chi connectivity index (χ1n) is 8.72. The van der Waals surface area contributed by atoms with Gasteiger partial charge in [-0.05, 0) is 52.3 Å². The molecule has 27 heavy (non-hydrogen) atoms. The van der Waals surface area contributed by atoms with Gasteiger partial charge < -0.3 is 20.3 Å². The first-order chi connectivity index (χ1) is 12.4. The Balaban J connectivity index is 2.77. The molecule has 150 valence electrons. The fourth-order valence-electron chi connectivity index (χ4n) is 2.03. The lowest BCUT2D eigenvalue weighted by Gasteiger charge is -2.22. The van der Waals surface area contributed by atoms with Gasteiger partial charge in [-0.25, -0.2) is 4.79 Å². The summed E-state index contributed by atoms with van der Waals surface area (Å²) in [5.41, 5.74) is 1.07. The minimum absolute atomic E-state index is 0.111. The average Bonchev–Trinajstić information content (AvgIpc) is 2.52. The van der Waals surface area contributed by atoms with Gasteiger partial charge in [0.2, 0.25) is 5.91 Å². The molecule has 1 aromatic carbocycles. The summed E-state index contributed by atoms with van der Waals surface area (Å²) in [6.07, 6.45) is 0. The van der Waals surface area contributed by atoms with Crippen LogP contribution >= 0.6 is 0 Å². The van der Waals surface area contributed by atoms with Crippen LogP contribution in [-0.4, -0.2) is 55.0 Å². The molecule has 0 aliphatic carbocycles. The van der Waals surface area contributed by atoms with E-state index in [1.54, 1.807) is 33.2 Å². The van der Waals surface area contributed by atoms with E-state index in [4.69, 9.17) is 4.74 Å². The van der Waals surface area contributed by atoms with E-state index in [0.29, 0.717) is 11.4 Å². The van der Waals surface area contributed by atoms with Crippen molar-refractivity contribution in [3.63, 3.8) is 0 Å². The van der Waals surface area contributed by atoms with E-state index in [9.17, 15) is 14.4 Å². The fraction of sp³-hybridized carbons (Fsp3) is 0.526. The molecule has 0 aliphatic heterocycles. The molecule has 1 aromatic rings. The van der Waals surface area contributed by atoms with E-state index in [2.05, 4.69) is 16.0 Å². The molecule has 0 bridgehead atoms. The van der Waals surface area contributed by atoms with E-state index in [1.165, 1.54) is 4.90 Å². The predicted molar refractivity (Wildman–Crippen MR) is 105 cm³/mol. The molecule has 1 atom stereocenters. The molecule has 3 N–H and O–H groups in total. The van der Waals surface area contributed by atoms with Gasteiger partial charge >= 0.3 is 6.03 Å². The number of urea groups is 1. The number of anilines is 1. The summed E-state index contributed by atoms with van der Waals surface area (Å²) < 4.78 is 5.60. The Hall–Kier alpha value is -2.77. The summed E-state index contributed by atoms with van der Waals surface area (Å²) in [5, 5.41) is 7.98. The Kier molecular flexibility index (Phi) is 7.63. The van der Waals surface area contributed by atoms with Gasteiger partial charge in [-0.1, -0.05) is 6.07 Å². The number of nitrogens with one attached hydrogen (secondary N) is 3. The second-order valence-corrected chi connectivity index (χ2v) is 7.64. The highest BCUT2D eigenvalue weighted by molar-refractivity contribution is 5.98. The van der Waals surface area contributed by atoms with E-state index in [0.717, 1.165) is 5.56 Å². The van der Waals surface area contributed by atoms with Crippen molar-refractivity contribution in [2.24, 2.45) is 0 Å². The van der Waals surface area contributed by atoms with Crippen molar-refractivity contribution in [1.29, 1.82) is 0 Å². The maximum atomic E-state index is 12.2. The molecule has 0 spiro atoms. The lowest BCUT2D eigenvalue weighted by atomic mass is 10.1. The van der Waals surface area contributed by atoms with Crippen molar-refractivity contribution in [3.8, 4) is 5.75 Å². The molecule has 0 aromatic heterocycles. The van der Waals surface area contributed by atoms with Gasteiger partial charge in [0.25, 0.3) is 5.91 Å². The summed E-state index contributed by atoms with van der Waals surface area (Å²) in [6.45, 7) is 8.89. The number of likely N-dealkylation sites (N-methyl/N-ethyl adjacent to an activating group) is 1. The molecule has 4 amide bonds. The number of ether oxygens (including phenoxy) is 1. The van der Waals surface area contributed by atoms with E-state index in [1.807, 2.05) is 33.8 Å². The third-order valence-corrected chi connectivity index (χ3v) is 3.48. The van der Waals surface area contributed by atoms with E-state index >= 15 is 0 Å². The predicted octanol–water partition coefficient (Wildman–Crippen LogP) is 1.89. The zero-order chi connectivity index (χ0) is 20.8. The van der Waals surface area contributed by atoms with E-state index < -0.39 is 23.5 Å². The minimum atomic E-state index is -0.690. The Labute approximate surface area is 160 Å². The van der Waals surface area contributed by atoms with Gasteiger partial charge in [0.1, 0.15) is 11.8 Å². The van der Waals surface area contributed by atoms with Crippen LogP contribution in [0.2, 0.25) is 0 Å². The minimum Gasteiger partial charge on any atom is -0.482 e. The van der Waals surface area contributed by atoms with Crippen LogP contribution in [0.15, 0.2) is 18.2 Å². The number of rotatable bonds is 6. The zero-order valence-electron chi connectivity index (χ0n) is 17.1. The fourth-order valence-corrected chi connectivity index (χ4v) is 2.03. The monoisotopic (exact) mass is 378 g/mol. The number of hydrogen-bond donors (Lipinski definition) is 3. The van der Waals surface area contributed by atoms with Gasteiger partial charge in [0.05, 0.1) is 5.69 Å². The van der Waals surface area contributed by atoms with Crippen LogP contribution in [0.3, 0.4) is 0 Å². The highest BCUT2D eigenvalue weighted by atomic mass is 16.5. The summed E-state index contributed by atoms with van der Waals surface area (Å²) in [7, 11) is 3.30. The molecule has 8 heteroatoms. The molecular formula is C19H30N4O4. The van der Waals surface area contributed by atoms with Gasteiger partial charge in [0.15, 0.2) is 6.61 Å². The maximum absolute atomic E-state index is 12.2. The first-order valence-corrected chi connectivity index (χ1v) is 8.72. The Morgan fingerprint density at radius 1 is 1.19 bits per heavy atom. The molecule has 0 fully saturated rings. The highest BCUT2D eigenvalue weighted by Crippen LogP contribution is 2.26. The van der Waals surface area contributed by atoms with Crippen LogP contribution in [0.25, 0.3) is 0 Å². The quantitative estimate of drug-likeness (QED) is 0.702. The number of carbonyl (C=O) groups excluding carboxylic acids is 3. The van der Waals surface area contributed by atoms with Crippen LogP contribution < -0.4 is 20.7 Å². The lowest BCUT2D eigenvalue weighted by Crippen LogP contribution is -2.51. The standard InChI is InChI=1S/C19H30N4O4/c1-12-8-9-14(15(10-12)27-11-16(24)23(6)7)20-13(2)17(25)21-18(26)22-19(3,4)5/h8-10,13,20H,11H2,1-7H3,(H2,21,22,25,26)/t13-/m0/s1. The number of carbonyl (C=O) groups is 3. The van der Waals surface area contributed by atoms with Gasteiger partial charge in [0, 0.05) is 19.6 Å². The third-order valence-electron chi connectivity index (χ3n) is 3.48. The topological polar surface area (TPSA) is 99.8 Å². The van der Waals surface area contributed by atoms with Crippen molar-refractivity contribution in [2.45, 2.75) is 46.2 Å². The summed E-state index contributed by atoms with van der Waals surface area (Å²) in [4.78, 5) is 37.3. The number of benzene rings is 1. The SMILES string of the molecule is Cc1ccc(N[C@@H](C)C(=O)NC(=O)NC(C)(C)C)c(OCC(=O)N(C)C)c1. The van der Waals surface area contributed by atoms with Crippen molar-refractivity contribution < 1.29 is 19.1 Å². The van der Waals surface area contributed by atoms with Crippen molar-refractivity contribution in [3.05, 3.63) is 23.8 Å². The normalized spacial score (nSPS) is 12.0. The summed E-state index contributed by atoms with van der Waals surface area (Å²) in [5.74, 6) is -0.191. The highest BCUT2D eigenvalue weighted by Gasteiger charge is 2.20. The number of nitrogens with zero attached hydrogens (tertiary/aromatic N) is 1. The van der Waals surface area contributed by atoms with Crippen molar-refractivity contribution in [2.75, 3.05) is 26.0 Å². The molecule has 0 unspecified atom stereocenters. The summed E-state index contributed by atoms with van der Waals surface area (Å²) in [6, 6.07) is 4.16. The third kappa shape index (κ3) is 7.98. The second kappa shape index (κ2) is 9.25. The smallest absolute Gasteiger partial charge is 0.321 e. The Bertz CT molecular complexity index is 695. The largest absolute Gasteiger partial charge is 0.482 e. The average molecular weight is 378 g/mol. The number of imide groups is 1. The molecule has 8 nitrogen and oxygen atoms in total. The zero-order valence-corrected chi connectivity index (χ0v) is 17.1. The number of hydrogen-bond acceptors (Lipinski definition) is 5. The second-order valence-electron chi connectivity index (χ2n) is 7.64. The molecular weight excluding hydrogens is 348 g/mol. The van der Waals surface area contributed by atoms with Crippen molar-refractivity contribution >= 4 is 23.5 Å². The van der Waals surface area contributed by atoms with E-state index in [-0.39, 0.29) is 12.5 Å². The van der Waals surface area contributed by atoms with Crippen LogP contribution in [-0.2, 0) is 9.59 Å². The molecule has 0 saturated carbocycles. The molecule has 0 saturated heterocycles.